The summed E-state index contributed by atoms with van der Waals surface area (Å²) in [5, 5.41) is 13.1. The van der Waals surface area contributed by atoms with Gasteiger partial charge in [0.25, 0.3) is 6.71 Å². The monoisotopic (exact) mass is 1180 g/mol. The molecule has 0 saturated carbocycles. The van der Waals surface area contributed by atoms with Crippen LogP contribution >= 0.6 is 0 Å². The predicted molar refractivity (Wildman–Crippen MR) is 387 cm³/mol. The molecule has 3 nitrogen and oxygen atoms in total. The zero-order chi connectivity index (χ0) is 59.6. The van der Waals surface area contributed by atoms with E-state index in [1.807, 2.05) is 0 Å². The van der Waals surface area contributed by atoms with Crippen LogP contribution in [0, 0.1) is 0 Å². The number of para-hydroxylation sites is 4. The lowest BCUT2D eigenvalue weighted by Gasteiger charge is -2.45. The fraction of sp³-hybridized carbons (Fsp3) is 0. The van der Waals surface area contributed by atoms with Gasteiger partial charge in [0.2, 0.25) is 0 Å². The summed E-state index contributed by atoms with van der Waals surface area (Å²) in [4.78, 5) is 5.28. The zero-order valence-corrected chi connectivity index (χ0v) is 51.6. The molecule has 6 heteroatoms. The normalized spacial score (nSPS) is 12.6. The number of rotatable bonds is 12. The standard InChI is InChI=1S/C84H60BN3Si2/c1-8-31-61(32-9-1)73-51-30-53-77-84(73)88(63-34-29-48-72(58-63)90(68-41-16-5-17-42-68,69-43-18-6-19-44-69)70-45-20-7-21-46-70)82-60-64(87-78-54-25-22-49-74(78)75-50-23-26-55-79(75)87)59-81-83(82)85(77)76-52-24-27-56-80(76)86(81)62-33-28-47-71(57-62)89(65-35-10-2-11-36-65,66-37-12-3-13-38-66)67-39-14-4-15-40-67/h1-60H. The highest BCUT2D eigenvalue weighted by molar-refractivity contribution is 7.20. The van der Waals surface area contributed by atoms with Crippen LogP contribution in [0.3, 0.4) is 0 Å². The smallest absolute Gasteiger partial charge is 0.252 e. The summed E-state index contributed by atoms with van der Waals surface area (Å²) in [7, 11) is -6.01. The second-order valence-corrected chi connectivity index (χ2v) is 31.5. The quantitative estimate of drug-likeness (QED) is 0.0892. The fourth-order valence-corrected chi connectivity index (χ4v) is 25.2. The molecule has 0 spiro atoms. The highest BCUT2D eigenvalue weighted by Crippen LogP contribution is 2.48. The molecule has 0 unspecified atom stereocenters. The van der Waals surface area contributed by atoms with Crippen LogP contribution in [-0.4, -0.2) is 27.4 Å². The van der Waals surface area contributed by atoms with E-state index in [9.17, 15) is 0 Å². The lowest BCUT2D eigenvalue weighted by Crippen LogP contribution is -2.74. The van der Waals surface area contributed by atoms with E-state index in [0.29, 0.717) is 0 Å². The molecule has 15 aromatic rings. The summed E-state index contributed by atoms with van der Waals surface area (Å²) in [6.45, 7) is -0.131. The van der Waals surface area contributed by atoms with Crippen LogP contribution in [0.25, 0.3) is 38.6 Å². The van der Waals surface area contributed by atoms with E-state index in [1.54, 1.807) is 0 Å². The van der Waals surface area contributed by atoms with Gasteiger partial charge in [-0.15, -0.1) is 0 Å². The molecule has 2 aliphatic heterocycles. The van der Waals surface area contributed by atoms with Crippen molar-refractivity contribution in [2.24, 2.45) is 0 Å². The SMILES string of the molecule is c1ccc(-c2cccc3c2N(c2cccc([Si](c4ccccc4)(c4ccccc4)c4ccccc4)c2)c2cc(-n4c5ccccc5c5ccccc54)cc4c2B3c2ccccc2N4c2cccc([Si](c3ccccc3)(c3ccccc3)c3ccccc3)c2)cc1. The second-order valence-electron chi connectivity index (χ2n) is 23.8. The molecule has 0 amide bonds. The molecule has 0 atom stereocenters. The highest BCUT2D eigenvalue weighted by atomic mass is 28.3. The maximum absolute atomic E-state index is 3.02. The average Bonchev–Trinajstić information content (AvgIpc) is 0.741. The Morgan fingerprint density at radius 1 is 0.244 bits per heavy atom. The molecule has 1 aromatic heterocycles. The van der Waals surface area contributed by atoms with Gasteiger partial charge in [-0.2, -0.15) is 0 Å². The highest BCUT2D eigenvalue weighted by Gasteiger charge is 2.47. The van der Waals surface area contributed by atoms with Crippen molar-refractivity contribution in [3.8, 4) is 16.8 Å². The molecule has 0 bridgehead atoms. The van der Waals surface area contributed by atoms with Crippen LogP contribution in [0.2, 0.25) is 0 Å². The molecule has 0 saturated heterocycles. The van der Waals surface area contributed by atoms with Crippen LogP contribution in [0.1, 0.15) is 0 Å². The van der Waals surface area contributed by atoms with Crippen LogP contribution in [-0.2, 0) is 0 Å². The largest absolute Gasteiger partial charge is 0.311 e. The molecular formula is C84H60BN3Si2. The lowest BCUT2D eigenvalue weighted by atomic mass is 9.33. The van der Waals surface area contributed by atoms with Gasteiger partial charge in [0.1, 0.15) is 0 Å². The van der Waals surface area contributed by atoms with Gasteiger partial charge < -0.3 is 14.4 Å². The van der Waals surface area contributed by atoms with Crippen LogP contribution in [0.4, 0.5) is 34.1 Å². The number of aromatic nitrogens is 1. The lowest BCUT2D eigenvalue weighted by molar-refractivity contribution is 1.16. The van der Waals surface area contributed by atoms with Gasteiger partial charge in [-0.3, -0.25) is 0 Å². The summed E-state index contributed by atoms with van der Waals surface area (Å²) in [5.41, 5.74) is 16.4. The number of nitrogens with zero attached hydrogens (tertiary/aromatic N) is 3. The Kier molecular flexibility index (Phi) is 13.0. The Morgan fingerprint density at radius 2 is 0.600 bits per heavy atom. The van der Waals surface area contributed by atoms with Gasteiger partial charge in [-0.25, -0.2) is 0 Å². The summed E-state index contributed by atoms with van der Waals surface area (Å²) in [5.74, 6) is 0. The number of fused-ring (bicyclic) bond motifs is 7. The van der Waals surface area contributed by atoms with Gasteiger partial charge in [-0.1, -0.05) is 309 Å². The minimum Gasteiger partial charge on any atom is -0.311 e. The van der Waals surface area contributed by atoms with Crippen molar-refractivity contribution in [1.82, 2.24) is 4.57 Å². The first-order chi connectivity index (χ1) is 44.7. The maximum atomic E-state index is 2.66. The van der Waals surface area contributed by atoms with E-state index in [2.05, 4.69) is 378 Å². The van der Waals surface area contributed by atoms with Crippen molar-refractivity contribution in [2.75, 3.05) is 9.80 Å². The van der Waals surface area contributed by atoms with E-state index >= 15 is 0 Å². The summed E-state index contributed by atoms with van der Waals surface area (Å²) in [6.07, 6.45) is 0. The first kappa shape index (κ1) is 53.2. The molecule has 422 valence electrons. The van der Waals surface area contributed by atoms with Gasteiger partial charge in [0.15, 0.2) is 16.1 Å². The Hall–Kier alpha value is -11.0. The van der Waals surface area contributed by atoms with Crippen molar-refractivity contribution < 1.29 is 0 Å². The van der Waals surface area contributed by atoms with Crippen LogP contribution in [0.5, 0.6) is 0 Å². The zero-order valence-electron chi connectivity index (χ0n) is 49.6. The Labute approximate surface area is 528 Å². The number of hydrogen-bond acceptors (Lipinski definition) is 2. The van der Waals surface area contributed by atoms with E-state index in [4.69, 9.17) is 0 Å². The Morgan fingerprint density at radius 3 is 1.07 bits per heavy atom. The van der Waals surface area contributed by atoms with E-state index in [-0.39, 0.29) is 6.71 Å². The minimum absolute atomic E-state index is 0.131. The van der Waals surface area contributed by atoms with Gasteiger partial charge >= 0.3 is 0 Å². The van der Waals surface area contributed by atoms with Crippen LogP contribution < -0.4 is 67.7 Å². The van der Waals surface area contributed by atoms with Crippen LogP contribution in [0.15, 0.2) is 364 Å². The topological polar surface area (TPSA) is 11.4 Å². The molecule has 17 rings (SSSR count). The maximum Gasteiger partial charge on any atom is 0.252 e. The molecule has 90 heavy (non-hydrogen) atoms. The summed E-state index contributed by atoms with van der Waals surface area (Å²) >= 11 is 0. The molecule has 0 radical (unpaired) electrons. The van der Waals surface area contributed by atoms with Crippen molar-refractivity contribution in [3.05, 3.63) is 364 Å². The number of anilines is 6. The molecule has 14 aromatic carbocycles. The third kappa shape index (κ3) is 8.26. The third-order valence-corrected chi connectivity index (χ3v) is 28.8. The molecule has 3 heterocycles. The first-order valence-corrected chi connectivity index (χ1v) is 35.3. The number of hydrogen-bond donors (Lipinski definition) is 0. The molecule has 0 N–H and O–H groups in total. The predicted octanol–water partition coefficient (Wildman–Crippen LogP) is 13.3. The fourth-order valence-electron chi connectivity index (χ4n) is 15.6. The second kappa shape index (κ2) is 22.0. The van der Waals surface area contributed by atoms with Gasteiger partial charge in [-0.05, 0) is 118 Å². The van der Waals surface area contributed by atoms with E-state index < -0.39 is 16.1 Å². The molecule has 2 aliphatic rings. The van der Waals surface area contributed by atoms with Gasteiger partial charge in [0, 0.05) is 50.5 Å². The summed E-state index contributed by atoms with van der Waals surface area (Å²) < 4.78 is 2.52. The molecule has 0 fully saturated rings. The molecular weight excluding hydrogens is 1120 g/mol. The van der Waals surface area contributed by atoms with Crippen molar-refractivity contribution in [3.63, 3.8) is 0 Å². The average molecular weight is 1180 g/mol. The third-order valence-electron chi connectivity index (χ3n) is 19.2. The van der Waals surface area contributed by atoms with Crippen molar-refractivity contribution in [1.29, 1.82) is 0 Å². The van der Waals surface area contributed by atoms with Gasteiger partial charge in [0.05, 0.1) is 16.7 Å². The first-order valence-electron chi connectivity index (χ1n) is 31.3. The Bertz CT molecular complexity index is 4900. The Balaban J connectivity index is 0.998. The van der Waals surface area contributed by atoms with Crippen molar-refractivity contribution in [2.45, 2.75) is 0 Å². The minimum atomic E-state index is -3.02. The number of benzene rings is 14. The summed E-state index contributed by atoms with van der Waals surface area (Å²) in [6, 6.07) is 138. The van der Waals surface area contributed by atoms with E-state index in [1.165, 1.54) is 91.2 Å². The van der Waals surface area contributed by atoms with Crippen molar-refractivity contribution >= 4 is 137 Å². The molecule has 0 aliphatic carbocycles. The van der Waals surface area contributed by atoms with E-state index in [0.717, 1.165) is 39.5 Å².